The van der Waals surface area contributed by atoms with Crippen LogP contribution in [0.25, 0.3) is 0 Å². The van der Waals surface area contributed by atoms with E-state index < -0.39 is 17.8 Å². The molecule has 2 N–H and O–H groups in total. The fourth-order valence-corrected chi connectivity index (χ4v) is 2.17. The van der Waals surface area contributed by atoms with Crippen molar-refractivity contribution >= 4 is 11.8 Å². The van der Waals surface area contributed by atoms with Gasteiger partial charge in [0, 0.05) is 6.42 Å². The zero-order valence-electron chi connectivity index (χ0n) is 12.3. The minimum atomic E-state index is -0.927. The van der Waals surface area contributed by atoms with Gasteiger partial charge in [-0.25, -0.2) is 4.39 Å². The van der Waals surface area contributed by atoms with Gasteiger partial charge in [-0.3, -0.25) is 20.4 Å². The van der Waals surface area contributed by atoms with E-state index in [1.54, 1.807) is 6.07 Å². The van der Waals surface area contributed by atoms with Gasteiger partial charge in [-0.15, -0.1) is 0 Å². The van der Waals surface area contributed by atoms with Crippen molar-refractivity contribution in [2.75, 3.05) is 0 Å². The van der Waals surface area contributed by atoms with Crippen LogP contribution in [-0.4, -0.2) is 17.9 Å². The SMILES string of the molecule is C[C@H](Oc1ccccc1F)C(=O)NNC(=O)C[C@H]1C=CCC1. The average Bonchev–Trinajstić information content (AvgIpc) is 3.00. The van der Waals surface area contributed by atoms with E-state index >= 15 is 0 Å². The molecule has 0 radical (unpaired) electrons. The van der Waals surface area contributed by atoms with Crippen LogP contribution in [0.15, 0.2) is 36.4 Å². The van der Waals surface area contributed by atoms with Crippen LogP contribution in [0.1, 0.15) is 26.2 Å². The Labute approximate surface area is 128 Å². The van der Waals surface area contributed by atoms with E-state index in [1.165, 1.54) is 25.1 Å². The smallest absolute Gasteiger partial charge is 0.279 e. The van der Waals surface area contributed by atoms with Crippen molar-refractivity contribution in [3.8, 4) is 5.75 Å². The topological polar surface area (TPSA) is 67.4 Å². The summed E-state index contributed by atoms with van der Waals surface area (Å²) in [4.78, 5) is 23.5. The molecule has 0 saturated carbocycles. The van der Waals surface area contributed by atoms with Crippen molar-refractivity contribution in [3.05, 3.63) is 42.2 Å². The lowest BCUT2D eigenvalue weighted by Gasteiger charge is -2.16. The van der Waals surface area contributed by atoms with Crippen LogP contribution in [0.3, 0.4) is 0 Å². The Morgan fingerprint density at radius 3 is 2.82 bits per heavy atom. The summed E-state index contributed by atoms with van der Waals surface area (Å²) in [6.07, 6.45) is 5.39. The molecule has 0 heterocycles. The van der Waals surface area contributed by atoms with Crippen molar-refractivity contribution in [1.29, 1.82) is 0 Å². The maximum absolute atomic E-state index is 13.4. The summed E-state index contributed by atoms with van der Waals surface area (Å²) >= 11 is 0. The Kier molecular flexibility index (Phi) is 5.52. The summed E-state index contributed by atoms with van der Waals surface area (Å²) in [5, 5.41) is 0. The first-order valence-corrected chi connectivity index (χ1v) is 7.23. The van der Waals surface area contributed by atoms with Crippen molar-refractivity contribution in [1.82, 2.24) is 10.9 Å². The molecule has 1 aromatic rings. The van der Waals surface area contributed by atoms with Crippen LogP contribution in [0.5, 0.6) is 5.75 Å². The third-order valence-electron chi connectivity index (χ3n) is 3.39. The van der Waals surface area contributed by atoms with E-state index in [1.807, 2.05) is 12.2 Å². The fourth-order valence-electron chi connectivity index (χ4n) is 2.17. The van der Waals surface area contributed by atoms with Gasteiger partial charge >= 0.3 is 0 Å². The highest BCUT2D eigenvalue weighted by molar-refractivity contribution is 5.84. The number of hydrogen-bond donors (Lipinski definition) is 2. The third kappa shape index (κ3) is 4.58. The maximum atomic E-state index is 13.4. The normalized spacial score (nSPS) is 17.8. The lowest BCUT2D eigenvalue weighted by Crippen LogP contribution is -2.47. The number of carbonyl (C=O) groups is 2. The first-order valence-electron chi connectivity index (χ1n) is 7.23. The van der Waals surface area contributed by atoms with E-state index in [0.717, 1.165) is 12.8 Å². The zero-order valence-corrected chi connectivity index (χ0v) is 12.3. The van der Waals surface area contributed by atoms with Gasteiger partial charge in [-0.05, 0) is 37.8 Å². The summed E-state index contributed by atoms with van der Waals surface area (Å²) in [6.45, 7) is 1.48. The molecule has 6 heteroatoms. The molecule has 0 aromatic heterocycles. The van der Waals surface area contributed by atoms with Gasteiger partial charge < -0.3 is 4.74 Å². The molecule has 2 rings (SSSR count). The number of ether oxygens (including phenoxy) is 1. The summed E-state index contributed by atoms with van der Waals surface area (Å²) in [6, 6.07) is 5.82. The van der Waals surface area contributed by atoms with Crippen LogP contribution in [0.2, 0.25) is 0 Å². The number of rotatable bonds is 5. The Bertz CT molecular complexity index is 574. The predicted molar refractivity (Wildman–Crippen MR) is 79.3 cm³/mol. The summed E-state index contributed by atoms with van der Waals surface area (Å²) in [5.41, 5.74) is 4.63. The number of para-hydroxylation sites is 1. The van der Waals surface area contributed by atoms with Crippen LogP contribution in [-0.2, 0) is 9.59 Å². The second kappa shape index (κ2) is 7.59. The molecule has 2 amide bonds. The summed E-state index contributed by atoms with van der Waals surface area (Å²) in [5.74, 6) is -1.13. The molecule has 0 saturated heterocycles. The van der Waals surface area contributed by atoms with Gasteiger partial charge in [0.05, 0.1) is 0 Å². The fraction of sp³-hybridized carbons (Fsp3) is 0.375. The molecule has 0 fully saturated rings. The zero-order chi connectivity index (χ0) is 15.9. The summed E-state index contributed by atoms with van der Waals surface area (Å²) < 4.78 is 18.6. The highest BCUT2D eigenvalue weighted by Crippen LogP contribution is 2.20. The molecule has 0 unspecified atom stereocenters. The monoisotopic (exact) mass is 306 g/mol. The number of nitrogens with one attached hydrogen (secondary N) is 2. The van der Waals surface area contributed by atoms with Crippen molar-refractivity contribution in [2.45, 2.75) is 32.3 Å². The first-order chi connectivity index (χ1) is 10.6. The first kappa shape index (κ1) is 16.0. The van der Waals surface area contributed by atoms with E-state index in [4.69, 9.17) is 4.74 Å². The highest BCUT2D eigenvalue weighted by Gasteiger charge is 2.18. The number of hydrazine groups is 1. The van der Waals surface area contributed by atoms with Gasteiger partial charge in [0.15, 0.2) is 17.7 Å². The van der Waals surface area contributed by atoms with Crippen molar-refractivity contribution < 1.29 is 18.7 Å². The highest BCUT2D eigenvalue weighted by atomic mass is 19.1. The molecule has 2 atom stereocenters. The maximum Gasteiger partial charge on any atom is 0.279 e. The molecule has 0 spiro atoms. The molecule has 118 valence electrons. The molecule has 1 aromatic carbocycles. The molecular weight excluding hydrogens is 287 g/mol. The number of halogens is 1. The molecule has 5 nitrogen and oxygen atoms in total. The van der Waals surface area contributed by atoms with Gasteiger partial charge in [0.2, 0.25) is 5.91 Å². The molecule has 1 aliphatic carbocycles. The Balaban J connectivity index is 1.75. The lowest BCUT2D eigenvalue weighted by molar-refractivity contribution is -0.133. The molecule has 1 aliphatic rings. The second-order valence-electron chi connectivity index (χ2n) is 5.20. The Hall–Kier alpha value is -2.37. The minimum absolute atomic E-state index is 0.00688. The Morgan fingerprint density at radius 2 is 2.14 bits per heavy atom. The predicted octanol–water partition coefficient (Wildman–Crippen LogP) is 2.10. The molecule has 22 heavy (non-hydrogen) atoms. The van der Waals surface area contributed by atoms with Crippen molar-refractivity contribution in [3.63, 3.8) is 0 Å². The number of hydrogen-bond acceptors (Lipinski definition) is 3. The summed E-state index contributed by atoms with van der Waals surface area (Å²) in [7, 11) is 0. The van der Waals surface area contributed by atoms with Gasteiger partial charge in [-0.2, -0.15) is 0 Å². The average molecular weight is 306 g/mol. The van der Waals surface area contributed by atoms with E-state index in [-0.39, 0.29) is 17.6 Å². The molecule has 0 aliphatic heterocycles. The number of allylic oxidation sites excluding steroid dienone is 2. The van der Waals surface area contributed by atoms with Crippen LogP contribution in [0, 0.1) is 11.7 Å². The largest absolute Gasteiger partial charge is 0.478 e. The van der Waals surface area contributed by atoms with Crippen LogP contribution in [0.4, 0.5) is 4.39 Å². The van der Waals surface area contributed by atoms with Gasteiger partial charge in [0.1, 0.15) is 0 Å². The van der Waals surface area contributed by atoms with Crippen molar-refractivity contribution in [2.24, 2.45) is 5.92 Å². The lowest BCUT2D eigenvalue weighted by atomic mass is 10.1. The molecule has 0 bridgehead atoms. The van der Waals surface area contributed by atoms with E-state index in [2.05, 4.69) is 10.9 Å². The second-order valence-corrected chi connectivity index (χ2v) is 5.20. The van der Waals surface area contributed by atoms with Crippen LogP contribution >= 0.6 is 0 Å². The molecular formula is C16H19FN2O3. The Morgan fingerprint density at radius 1 is 1.36 bits per heavy atom. The quantitative estimate of drug-likeness (QED) is 0.646. The third-order valence-corrected chi connectivity index (χ3v) is 3.39. The standard InChI is InChI=1S/C16H19FN2O3/c1-11(22-14-9-5-4-8-13(14)17)16(21)19-18-15(20)10-12-6-2-3-7-12/h2,4-6,8-9,11-12H,3,7,10H2,1H3,(H,18,20)(H,19,21)/t11-,12-/m0/s1. The van der Waals surface area contributed by atoms with E-state index in [0.29, 0.717) is 6.42 Å². The van der Waals surface area contributed by atoms with Gasteiger partial charge in [0.25, 0.3) is 5.91 Å². The number of carbonyl (C=O) groups excluding carboxylic acids is 2. The minimum Gasteiger partial charge on any atom is -0.478 e. The van der Waals surface area contributed by atoms with E-state index in [9.17, 15) is 14.0 Å². The van der Waals surface area contributed by atoms with Gasteiger partial charge in [-0.1, -0.05) is 24.3 Å². The number of benzene rings is 1. The number of amides is 2. The van der Waals surface area contributed by atoms with Crippen LogP contribution < -0.4 is 15.6 Å².